The van der Waals surface area contributed by atoms with Crippen LogP contribution in [0.4, 0.5) is 0 Å². The summed E-state index contributed by atoms with van der Waals surface area (Å²) in [5.41, 5.74) is 2.47. The van der Waals surface area contributed by atoms with Crippen LogP contribution in [0, 0.1) is 17.3 Å². The largest absolute Gasteiger partial charge is 0.372 e. The first-order valence-corrected chi connectivity index (χ1v) is 12.4. The first-order valence-electron chi connectivity index (χ1n) is 9.92. The van der Waals surface area contributed by atoms with Crippen molar-refractivity contribution in [2.75, 3.05) is 0 Å². The standard InChI is InChI=1S/C24H29Br3O/c1-23(2,3)28-22-10-9-19-16(6-5-12-24(19,22)4)7-8-17-14-21(27)18(11-13-25)15-20(17)26/h5-8,11,13-16,19,22H,9-10,12H2,1-4H3/b8-7-,13-11-/t16-,19-,22-,24-/m0/s1. The average molecular weight is 573 g/mol. The maximum absolute atomic E-state index is 6.47. The normalized spacial score (nSPS) is 30.5. The van der Waals surface area contributed by atoms with Crippen molar-refractivity contribution >= 4 is 59.9 Å². The molecular weight excluding hydrogens is 544 g/mol. The third-order valence-electron chi connectivity index (χ3n) is 6.06. The lowest BCUT2D eigenvalue weighted by molar-refractivity contribution is -0.111. The Morgan fingerprint density at radius 2 is 1.71 bits per heavy atom. The van der Waals surface area contributed by atoms with E-state index in [4.69, 9.17) is 4.74 Å². The van der Waals surface area contributed by atoms with Crippen LogP contribution in [0.1, 0.15) is 58.1 Å². The smallest absolute Gasteiger partial charge is 0.0641 e. The molecule has 0 unspecified atom stereocenters. The zero-order valence-corrected chi connectivity index (χ0v) is 21.8. The Morgan fingerprint density at radius 1 is 1.07 bits per heavy atom. The lowest BCUT2D eigenvalue weighted by atomic mass is 9.66. The van der Waals surface area contributed by atoms with E-state index in [1.807, 2.05) is 11.1 Å². The number of halogens is 3. The van der Waals surface area contributed by atoms with Gasteiger partial charge >= 0.3 is 0 Å². The summed E-state index contributed by atoms with van der Waals surface area (Å²) in [4.78, 5) is 1.87. The molecule has 3 rings (SSSR count). The molecule has 0 heterocycles. The lowest BCUT2D eigenvalue weighted by Gasteiger charge is -2.43. The summed E-state index contributed by atoms with van der Waals surface area (Å²) in [6, 6.07) is 4.32. The van der Waals surface area contributed by atoms with Gasteiger partial charge in [-0.15, -0.1) is 0 Å². The molecule has 1 aromatic carbocycles. The molecule has 0 radical (unpaired) electrons. The summed E-state index contributed by atoms with van der Waals surface area (Å²) in [5.74, 6) is 1.10. The van der Waals surface area contributed by atoms with E-state index >= 15 is 0 Å². The van der Waals surface area contributed by atoms with Gasteiger partial charge in [0.25, 0.3) is 0 Å². The maximum Gasteiger partial charge on any atom is 0.0641 e. The number of benzene rings is 1. The summed E-state index contributed by atoms with van der Waals surface area (Å²) in [6.45, 7) is 8.94. The topological polar surface area (TPSA) is 9.23 Å². The van der Waals surface area contributed by atoms with Crippen LogP contribution in [-0.4, -0.2) is 11.7 Å². The van der Waals surface area contributed by atoms with Crippen LogP contribution in [0.3, 0.4) is 0 Å². The lowest BCUT2D eigenvalue weighted by Crippen LogP contribution is -2.41. The van der Waals surface area contributed by atoms with Gasteiger partial charge in [-0.25, -0.2) is 0 Å². The molecule has 0 amide bonds. The Bertz CT molecular complexity index is 803. The number of hydrogen-bond donors (Lipinski definition) is 0. The Hall–Kier alpha value is -0.160. The van der Waals surface area contributed by atoms with Gasteiger partial charge < -0.3 is 4.74 Å². The molecule has 1 aromatic rings. The molecule has 0 saturated heterocycles. The number of fused-ring (bicyclic) bond motifs is 1. The van der Waals surface area contributed by atoms with Crippen LogP contribution < -0.4 is 0 Å². The molecule has 0 N–H and O–H groups in total. The molecule has 4 atom stereocenters. The van der Waals surface area contributed by atoms with E-state index in [0.29, 0.717) is 17.9 Å². The van der Waals surface area contributed by atoms with Crippen LogP contribution in [0.25, 0.3) is 12.2 Å². The van der Waals surface area contributed by atoms with Crippen molar-refractivity contribution in [3.8, 4) is 0 Å². The third kappa shape index (κ3) is 4.94. The van der Waals surface area contributed by atoms with Gasteiger partial charge in [0.15, 0.2) is 0 Å². The first-order chi connectivity index (χ1) is 13.1. The van der Waals surface area contributed by atoms with Gasteiger partial charge in [-0.05, 0) is 86.2 Å². The number of rotatable bonds is 4. The SMILES string of the molecule is CC(C)(C)O[C@H]1CC[C@H]2[C@H](/C=C\c3cc(Br)c(/C=C\Br)cc3Br)C=CC[C@]12C. The van der Waals surface area contributed by atoms with Crippen LogP contribution in [-0.2, 0) is 4.74 Å². The molecule has 4 heteroatoms. The summed E-state index contributed by atoms with van der Waals surface area (Å²) in [5, 5.41) is 0. The minimum Gasteiger partial charge on any atom is -0.372 e. The summed E-state index contributed by atoms with van der Waals surface area (Å²) >= 11 is 10.8. The first kappa shape index (κ1) is 22.5. The van der Waals surface area contributed by atoms with E-state index in [9.17, 15) is 0 Å². The molecule has 152 valence electrons. The van der Waals surface area contributed by atoms with Crippen LogP contribution in [0.2, 0.25) is 0 Å². The highest BCUT2D eigenvalue weighted by molar-refractivity contribution is 9.11. The zero-order valence-electron chi connectivity index (χ0n) is 17.0. The molecule has 28 heavy (non-hydrogen) atoms. The molecule has 2 aliphatic rings. The Morgan fingerprint density at radius 3 is 2.32 bits per heavy atom. The van der Waals surface area contributed by atoms with Gasteiger partial charge in [0, 0.05) is 14.4 Å². The molecule has 2 aliphatic carbocycles. The summed E-state index contributed by atoms with van der Waals surface area (Å²) in [6.07, 6.45) is 15.3. The Balaban J connectivity index is 1.81. The zero-order chi connectivity index (χ0) is 20.5. The predicted octanol–water partition coefficient (Wildman–Crippen LogP) is 8.77. The van der Waals surface area contributed by atoms with Gasteiger partial charge in [0.1, 0.15) is 0 Å². The third-order valence-corrected chi connectivity index (χ3v) is 7.69. The van der Waals surface area contributed by atoms with Gasteiger partial charge in [0.05, 0.1) is 11.7 Å². The second-order valence-corrected chi connectivity index (χ2v) is 11.4. The van der Waals surface area contributed by atoms with Crippen LogP contribution >= 0.6 is 47.8 Å². The molecule has 1 fully saturated rings. The van der Waals surface area contributed by atoms with E-state index in [1.165, 1.54) is 12.0 Å². The van der Waals surface area contributed by atoms with Crippen molar-refractivity contribution in [2.45, 2.75) is 58.7 Å². The molecule has 0 aromatic heterocycles. The second-order valence-electron chi connectivity index (χ2n) is 9.17. The van der Waals surface area contributed by atoms with Gasteiger partial charge in [-0.1, -0.05) is 79.0 Å². The van der Waals surface area contributed by atoms with E-state index in [0.717, 1.165) is 27.4 Å². The predicted molar refractivity (Wildman–Crippen MR) is 132 cm³/mol. The summed E-state index contributed by atoms with van der Waals surface area (Å²) in [7, 11) is 0. The molecule has 0 aliphatic heterocycles. The van der Waals surface area contributed by atoms with E-state index in [2.05, 4.69) is 112 Å². The van der Waals surface area contributed by atoms with Crippen LogP contribution in [0.5, 0.6) is 0 Å². The monoisotopic (exact) mass is 570 g/mol. The Kier molecular flexibility index (Phi) is 7.17. The highest BCUT2D eigenvalue weighted by Gasteiger charge is 2.50. The van der Waals surface area contributed by atoms with Crippen molar-refractivity contribution < 1.29 is 4.74 Å². The number of hydrogen-bond acceptors (Lipinski definition) is 1. The maximum atomic E-state index is 6.47. The number of ether oxygens (including phenoxy) is 1. The average Bonchev–Trinajstić information content (AvgIpc) is 2.92. The summed E-state index contributed by atoms with van der Waals surface area (Å²) < 4.78 is 8.67. The molecule has 0 bridgehead atoms. The van der Waals surface area contributed by atoms with Gasteiger partial charge in [-0.2, -0.15) is 0 Å². The molecule has 1 nitrogen and oxygen atoms in total. The molecular formula is C24H29Br3O. The molecule has 1 saturated carbocycles. The highest BCUT2D eigenvalue weighted by atomic mass is 79.9. The van der Waals surface area contributed by atoms with Crippen LogP contribution in [0.15, 0.2) is 44.3 Å². The van der Waals surface area contributed by atoms with E-state index in [1.54, 1.807) is 0 Å². The fraction of sp³-hybridized carbons (Fsp3) is 0.500. The van der Waals surface area contributed by atoms with E-state index in [-0.39, 0.29) is 11.0 Å². The van der Waals surface area contributed by atoms with Crippen molar-refractivity contribution in [1.29, 1.82) is 0 Å². The van der Waals surface area contributed by atoms with Crippen molar-refractivity contribution in [1.82, 2.24) is 0 Å². The van der Waals surface area contributed by atoms with Crippen molar-refractivity contribution in [3.63, 3.8) is 0 Å². The minimum absolute atomic E-state index is 0.0858. The highest BCUT2D eigenvalue weighted by Crippen LogP contribution is 2.54. The fourth-order valence-corrected chi connectivity index (χ4v) is 5.96. The van der Waals surface area contributed by atoms with Gasteiger partial charge in [-0.3, -0.25) is 0 Å². The minimum atomic E-state index is -0.0858. The fourth-order valence-electron chi connectivity index (χ4n) is 4.69. The van der Waals surface area contributed by atoms with Crippen molar-refractivity contribution in [2.24, 2.45) is 17.3 Å². The second kappa shape index (κ2) is 8.91. The quantitative estimate of drug-likeness (QED) is 0.328. The van der Waals surface area contributed by atoms with Gasteiger partial charge in [0.2, 0.25) is 0 Å². The number of allylic oxidation sites excluding steroid dienone is 3. The molecule has 0 spiro atoms. The van der Waals surface area contributed by atoms with Crippen molar-refractivity contribution in [3.05, 3.63) is 55.4 Å². The Labute approximate surface area is 195 Å². The van der Waals surface area contributed by atoms with E-state index < -0.39 is 0 Å².